The van der Waals surface area contributed by atoms with Crippen LogP contribution in [0.3, 0.4) is 0 Å². The van der Waals surface area contributed by atoms with Crippen LogP contribution in [-0.2, 0) is 0 Å². The molecular weight excluding hydrogens is 449 g/mol. The van der Waals surface area contributed by atoms with E-state index in [9.17, 15) is 20.2 Å². The second-order valence-corrected chi connectivity index (χ2v) is 3.06. The van der Waals surface area contributed by atoms with Gasteiger partial charge in [-0.15, -0.1) is 0 Å². The van der Waals surface area contributed by atoms with E-state index in [0.717, 1.165) is 18.2 Å². The number of nitrogen functional groups attached to an aromatic ring is 1. The minimum atomic E-state index is -0.733. The summed E-state index contributed by atoms with van der Waals surface area (Å²) in [4.78, 5) is 19.0. The fraction of sp³-hybridized carbons (Fsp3) is 0. The zero-order valence-electron chi connectivity index (χ0n) is 9.72. The third-order valence-corrected chi connectivity index (χ3v) is 1.75. The summed E-state index contributed by atoms with van der Waals surface area (Å²) in [6.45, 7) is 0. The predicted octanol–water partition coefficient (Wildman–Crippen LogP) is 0.579. The summed E-state index contributed by atoms with van der Waals surface area (Å²) in [7, 11) is 0. The van der Waals surface area contributed by atoms with Crippen LogP contribution in [0, 0.1) is 20.2 Å². The molecule has 1 aromatic heterocycles. The molecule has 2 aromatic rings. The van der Waals surface area contributed by atoms with Crippen molar-refractivity contribution in [3.05, 3.63) is 56.9 Å². The number of non-ortho nitro benzene ring substituents is 2. The van der Waals surface area contributed by atoms with Crippen LogP contribution < -0.4 is 5.73 Å². The molecular formula is C9H11N5O4Pb. The first kappa shape index (κ1) is 17.0. The molecule has 100 valence electrons. The van der Waals surface area contributed by atoms with Gasteiger partial charge in [-0.25, -0.2) is 0 Å². The summed E-state index contributed by atoms with van der Waals surface area (Å²) in [5, 5.41) is 26.7. The standard InChI is InChI=1S/C6H5N3O4.C3H4N2.Pb.2H/c7-4-1-5(8(10)11)3-6(2-4)9(12)13;1-2-4-5-3-1;;;/h1-3H,7H2;1-3H,(H,4,5);;;. The van der Waals surface area contributed by atoms with Crippen LogP contribution in [0.15, 0.2) is 36.7 Å². The number of nitro benzene ring substituents is 2. The molecule has 10 heteroatoms. The van der Waals surface area contributed by atoms with E-state index < -0.39 is 9.85 Å². The van der Waals surface area contributed by atoms with E-state index >= 15 is 0 Å². The van der Waals surface area contributed by atoms with Crippen LogP contribution in [0.25, 0.3) is 0 Å². The monoisotopic (exact) mass is 461 g/mol. The second kappa shape index (κ2) is 8.12. The molecule has 1 aromatic carbocycles. The Morgan fingerprint density at radius 3 is 1.89 bits per heavy atom. The van der Waals surface area contributed by atoms with Gasteiger partial charge in [0.2, 0.25) is 0 Å². The van der Waals surface area contributed by atoms with Crippen molar-refractivity contribution in [2.75, 3.05) is 5.73 Å². The number of H-pyrrole nitrogens is 1. The number of anilines is 1. The largest absolute Gasteiger partial charge is 0.286 e. The number of nitro groups is 2. The molecule has 0 aliphatic heterocycles. The van der Waals surface area contributed by atoms with Crippen LogP contribution in [0.1, 0.15) is 0 Å². The number of aromatic nitrogens is 2. The molecule has 19 heavy (non-hydrogen) atoms. The third kappa shape index (κ3) is 5.89. The molecule has 0 bridgehead atoms. The normalized spacial score (nSPS) is 8.63. The first-order valence-electron chi connectivity index (χ1n) is 4.64. The molecule has 0 saturated carbocycles. The van der Waals surface area contributed by atoms with Crippen molar-refractivity contribution in [2.24, 2.45) is 0 Å². The Balaban J connectivity index is 0.000000454. The molecule has 0 saturated heterocycles. The maximum atomic E-state index is 10.3. The summed E-state index contributed by atoms with van der Waals surface area (Å²) in [5.41, 5.74) is 4.46. The molecule has 0 aliphatic rings. The molecule has 2 radical (unpaired) electrons. The maximum absolute atomic E-state index is 10.3. The quantitative estimate of drug-likeness (QED) is 0.291. The Kier molecular flexibility index (Phi) is 7.25. The molecule has 0 aliphatic carbocycles. The predicted molar refractivity (Wildman–Crippen MR) is 71.3 cm³/mol. The maximum Gasteiger partial charge on any atom is 0.0487 e. The molecule has 0 unspecified atom stereocenters. The van der Waals surface area contributed by atoms with Crippen molar-refractivity contribution < 1.29 is 9.85 Å². The number of benzene rings is 1. The Morgan fingerprint density at radius 2 is 1.63 bits per heavy atom. The van der Waals surface area contributed by atoms with E-state index in [-0.39, 0.29) is 44.4 Å². The zero-order valence-corrected chi connectivity index (χ0v) is 15.2. The average molecular weight is 460 g/mol. The molecule has 0 fully saturated rings. The van der Waals surface area contributed by atoms with Gasteiger partial charge in [0.1, 0.15) is 0 Å². The van der Waals surface area contributed by atoms with Crippen LogP contribution in [0.5, 0.6) is 0 Å². The number of nitrogens with two attached hydrogens (primary N) is 1. The number of hydrogen-bond donors (Lipinski definition) is 2. The SMILES string of the molecule is Nc1cc([N+](=O)[O-])cc([N+](=O)[O-])c1.[PbH2].c1cn[nH]c1. The van der Waals surface area contributed by atoms with Crippen molar-refractivity contribution >= 4 is 44.4 Å². The van der Waals surface area contributed by atoms with Crippen LogP contribution >= 0.6 is 0 Å². The van der Waals surface area contributed by atoms with Gasteiger partial charge >= 0.3 is 27.3 Å². The van der Waals surface area contributed by atoms with Crippen LogP contribution in [0.4, 0.5) is 17.1 Å². The Labute approximate surface area is 127 Å². The molecule has 0 amide bonds. The van der Waals surface area contributed by atoms with Gasteiger partial charge in [0.25, 0.3) is 11.4 Å². The second-order valence-electron chi connectivity index (χ2n) is 3.06. The molecule has 1 heterocycles. The fourth-order valence-corrected chi connectivity index (χ4v) is 1.04. The minimum Gasteiger partial charge on any atom is -0.286 e. The molecule has 3 N–H and O–H groups in total. The van der Waals surface area contributed by atoms with Gasteiger partial charge in [0, 0.05) is 30.2 Å². The van der Waals surface area contributed by atoms with Gasteiger partial charge in [0.15, 0.2) is 0 Å². The van der Waals surface area contributed by atoms with Gasteiger partial charge < -0.3 is 5.73 Å². The summed E-state index contributed by atoms with van der Waals surface area (Å²) in [6.07, 6.45) is 3.46. The van der Waals surface area contributed by atoms with Crippen molar-refractivity contribution in [1.82, 2.24) is 10.2 Å². The first-order valence-corrected chi connectivity index (χ1v) is 4.64. The summed E-state index contributed by atoms with van der Waals surface area (Å²) >= 11 is 0. The number of nitrogens with zero attached hydrogens (tertiary/aromatic N) is 3. The molecule has 9 nitrogen and oxygen atoms in total. The van der Waals surface area contributed by atoms with Gasteiger partial charge in [-0.05, 0) is 6.07 Å². The first-order chi connectivity index (χ1) is 8.50. The van der Waals surface area contributed by atoms with Gasteiger partial charge in [0.05, 0.1) is 15.9 Å². The Bertz CT molecular complexity index is 496. The minimum absolute atomic E-state index is 0. The number of nitrogens with one attached hydrogen (secondary N) is 1. The zero-order chi connectivity index (χ0) is 13.5. The van der Waals surface area contributed by atoms with Crippen molar-refractivity contribution in [2.45, 2.75) is 0 Å². The van der Waals surface area contributed by atoms with Crippen molar-refractivity contribution in [3.63, 3.8) is 0 Å². The molecule has 2 rings (SSSR count). The van der Waals surface area contributed by atoms with E-state index in [2.05, 4.69) is 10.2 Å². The third-order valence-electron chi connectivity index (χ3n) is 1.75. The van der Waals surface area contributed by atoms with E-state index in [1.54, 1.807) is 12.4 Å². The average Bonchev–Trinajstić information content (AvgIpc) is 2.86. The Hall–Kier alpha value is -2.05. The number of rotatable bonds is 2. The van der Waals surface area contributed by atoms with Gasteiger partial charge in [-0.2, -0.15) is 5.10 Å². The smallest absolute Gasteiger partial charge is 0.0487 e. The van der Waals surface area contributed by atoms with Crippen LogP contribution in [-0.4, -0.2) is 47.3 Å². The van der Waals surface area contributed by atoms with Crippen molar-refractivity contribution in [3.8, 4) is 0 Å². The van der Waals surface area contributed by atoms with E-state index in [4.69, 9.17) is 5.73 Å². The number of hydrogen-bond acceptors (Lipinski definition) is 6. The topological polar surface area (TPSA) is 141 Å². The van der Waals surface area contributed by atoms with Gasteiger partial charge in [-0.3, -0.25) is 25.3 Å². The molecule has 0 spiro atoms. The van der Waals surface area contributed by atoms with E-state index in [1.165, 1.54) is 0 Å². The number of aromatic amines is 1. The molecule has 0 atom stereocenters. The van der Waals surface area contributed by atoms with Gasteiger partial charge in [-0.1, -0.05) is 0 Å². The summed E-state index contributed by atoms with van der Waals surface area (Å²) in [5.74, 6) is 0. The van der Waals surface area contributed by atoms with E-state index in [0.29, 0.717) is 0 Å². The van der Waals surface area contributed by atoms with Crippen molar-refractivity contribution in [1.29, 1.82) is 0 Å². The van der Waals surface area contributed by atoms with E-state index in [1.807, 2.05) is 6.07 Å². The Morgan fingerprint density at radius 1 is 1.11 bits per heavy atom. The van der Waals surface area contributed by atoms with Crippen LogP contribution in [0.2, 0.25) is 0 Å². The fourth-order valence-electron chi connectivity index (χ4n) is 1.04. The summed E-state index contributed by atoms with van der Waals surface area (Å²) in [6, 6.07) is 4.82. The summed E-state index contributed by atoms with van der Waals surface area (Å²) < 4.78 is 0.